The van der Waals surface area contributed by atoms with Gasteiger partial charge in [0, 0.05) is 43.1 Å². The van der Waals surface area contributed by atoms with Crippen molar-refractivity contribution in [3.63, 3.8) is 0 Å². The fraction of sp³-hybridized carbons (Fsp3) is 0.381. The van der Waals surface area contributed by atoms with Gasteiger partial charge in [0.15, 0.2) is 0 Å². The van der Waals surface area contributed by atoms with Crippen molar-refractivity contribution < 1.29 is 17.9 Å². The highest BCUT2D eigenvalue weighted by atomic mass is 32.2. The van der Waals surface area contributed by atoms with Crippen LogP contribution in [0.15, 0.2) is 53.4 Å². The first kappa shape index (κ1) is 21.3. The van der Waals surface area contributed by atoms with Crippen molar-refractivity contribution in [2.45, 2.75) is 24.8 Å². The molecule has 2 aromatic rings. The van der Waals surface area contributed by atoms with Crippen LogP contribution in [-0.4, -0.2) is 58.0 Å². The molecule has 2 aromatic carbocycles. The molecule has 1 saturated heterocycles. The van der Waals surface area contributed by atoms with Gasteiger partial charge in [-0.3, -0.25) is 4.79 Å². The van der Waals surface area contributed by atoms with Crippen molar-refractivity contribution in [2.24, 2.45) is 0 Å². The van der Waals surface area contributed by atoms with E-state index in [1.54, 1.807) is 7.05 Å². The minimum absolute atomic E-state index is 0.150. The second-order valence-electron chi connectivity index (χ2n) is 7.24. The zero-order valence-electron chi connectivity index (χ0n) is 17.0. The topological polar surface area (TPSA) is 79.0 Å². The van der Waals surface area contributed by atoms with Gasteiger partial charge >= 0.3 is 0 Å². The average Bonchev–Trinajstić information content (AvgIpc) is 2.74. The Morgan fingerprint density at radius 1 is 1.03 bits per heavy atom. The number of rotatable bonds is 6. The number of hydrogen-bond acceptors (Lipinski definition) is 5. The number of benzene rings is 2. The number of sulfonamides is 1. The molecule has 0 radical (unpaired) electrons. The Morgan fingerprint density at radius 2 is 1.62 bits per heavy atom. The molecule has 7 nitrogen and oxygen atoms in total. The van der Waals surface area contributed by atoms with Crippen LogP contribution >= 0.6 is 0 Å². The molecule has 1 aliphatic heterocycles. The maximum Gasteiger partial charge on any atom is 0.255 e. The van der Waals surface area contributed by atoms with Gasteiger partial charge in [-0.1, -0.05) is 0 Å². The third kappa shape index (κ3) is 4.95. The Hall–Kier alpha value is -2.42. The second kappa shape index (κ2) is 8.94. The van der Waals surface area contributed by atoms with E-state index in [0.717, 1.165) is 32.0 Å². The molecule has 0 spiro atoms. The third-order valence-electron chi connectivity index (χ3n) is 5.02. The van der Waals surface area contributed by atoms with E-state index in [0.29, 0.717) is 11.3 Å². The third-order valence-corrected chi connectivity index (χ3v) is 7.07. The molecule has 8 heteroatoms. The summed E-state index contributed by atoms with van der Waals surface area (Å²) >= 11 is 0. The van der Waals surface area contributed by atoms with Gasteiger partial charge < -0.3 is 15.0 Å². The van der Waals surface area contributed by atoms with Crippen molar-refractivity contribution in [1.82, 2.24) is 4.31 Å². The van der Waals surface area contributed by atoms with E-state index in [4.69, 9.17) is 4.74 Å². The van der Waals surface area contributed by atoms with Crippen LogP contribution in [0, 0.1) is 0 Å². The quantitative estimate of drug-likeness (QED) is 0.782. The van der Waals surface area contributed by atoms with E-state index in [1.165, 1.54) is 28.6 Å². The lowest BCUT2D eigenvalue weighted by Gasteiger charge is -2.28. The van der Waals surface area contributed by atoms with E-state index in [2.05, 4.69) is 10.2 Å². The summed E-state index contributed by atoms with van der Waals surface area (Å²) in [6.45, 7) is 6.77. The lowest BCUT2D eigenvalue weighted by molar-refractivity contribution is 0.102. The van der Waals surface area contributed by atoms with Crippen molar-refractivity contribution in [3.05, 3.63) is 54.1 Å². The van der Waals surface area contributed by atoms with Gasteiger partial charge in [0.2, 0.25) is 10.0 Å². The monoisotopic (exact) mass is 417 g/mol. The van der Waals surface area contributed by atoms with Gasteiger partial charge in [-0.05, 0) is 62.4 Å². The summed E-state index contributed by atoms with van der Waals surface area (Å²) in [5, 5.41) is 2.85. The molecule has 0 saturated carbocycles. The number of carbonyl (C=O) groups excluding carboxylic acids is 1. The molecule has 29 heavy (non-hydrogen) atoms. The highest BCUT2D eigenvalue weighted by molar-refractivity contribution is 7.89. The summed E-state index contributed by atoms with van der Waals surface area (Å²) < 4.78 is 31.7. The lowest BCUT2D eigenvalue weighted by atomic mass is 10.2. The van der Waals surface area contributed by atoms with Crippen molar-refractivity contribution in [3.8, 4) is 0 Å². The Kier molecular flexibility index (Phi) is 6.56. The number of carbonyl (C=O) groups is 1. The van der Waals surface area contributed by atoms with Crippen LogP contribution in [0.4, 0.5) is 11.4 Å². The SMILES string of the molecule is CC(C)N(C)S(=O)(=O)c1ccc(C(=O)Nc2ccc(N3CCOCC3)cc2)cc1. The van der Waals surface area contributed by atoms with Crippen molar-refractivity contribution in [2.75, 3.05) is 43.6 Å². The molecule has 1 heterocycles. The summed E-state index contributed by atoms with van der Waals surface area (Å²) in [6.07, 6.45) is 0. The number of morpholine rings is 1. The smallest absolute Gasteiger partial charge is 0.255 e. The predicted octanol–water partition coefficient (Wildman–Crippen LogP) is 2.80. The summed E-state index contributed by atoms with van der Waals surface area (Å²) in [4.78, 5) is 14.9. The van der Waals surface area contributed by atoms with Gasteiger partial charge in [0.05, 0.1) is 18.1 Å². The summed E-state index contributed by atoms with van der Waals surface area (Å²) in [7, 11) is -2.02. The van der Waals surface area contributed by atoms with Crippen molar-refractivity contribution >= 4 is 27.3 Å². The molecule has 1 fully saturated rings. The molecule has 1 aliphatic rings. The van der Waals surface area contributed by atoms with E-state index in [-0.39, 0.29) is 16.8 Å². The number of ether oxygens (including phenoxy) is 1. The molecular formula is C21H27N3O4S. The fourth-order valence-corrected chi connectivity index (χ4v) is 4.37. The summed E-state index contributed by atoms with van der Waals surface area (Å²) in [6, 6.07) is 13.5. The number of hydrogen-bond donors (Lipinski definition) is 1. The van der Waals surface area contributed by atoms with E-state index < -0.39 is 10.0 Å². The minimum atomic E-state index is -3.57. The number of nitrogens with one attached hydrogen (secondary N) is 1. The molecule has 0 unspecified atom stereocenters. The highest BCUT2D eigenvalue weighted by Gasteiger charge is 2.23. The van der Waals surface area contributed by atoms with Crippen LogP contribution in [0.1, 0.15) is 24.2 Å². The zero-order valence-corrected chi connectivity index (χ0v) is 17.8. The first-order valence-corrected chi connectivity index (χ1v) is 11.1. The Morgan fingerprint density at radius 3 is 2.17 bits per heavy atom. The van der Waals surface area contributed by atoms with Gasteiger partial charge in [-0.25, -0.2) is 8.42 Å². The van der Waals surface area contributed by atoms with Crippen LogP contribution in [0.25, 0.3) is 0 Å². The largest absolute Gasteiger partial charge is 0.378 e. The first-order chi connectivity index (χ1) is 13.8. The molecule has 1 N–H and O–H groups in total. The van der Waals surface area contributed by atoms with Gasteiger partial charge in [-0.15, -0.1) is 0 Å². The summed E-state index contributed by atoms with van der Waals surface area (Å²) in [5.74, 6) is -0.287. The molecule has 0 aromatic heterocycles. The maximum absolute atomic E-state index is 12.5. The lowest BCUT2D eigenvalue weighted by Crippen LogP contribution is -2.36. The van der Waals surface area contributed by atoms with E-state index >= 15 is 0 Å². The normalized spacial score (nSPS) is 15.0. The molecule has 0 aliphatic carbocycles. The van der Waals surface area contributed by atoms with Crippen LogP contribution in [0.2, 0.25) is 0 Å². The molecular weight excluding hydrogens is 390 g/mol. The molecule has 1 amide bonds. The number of amides is 1. The standard InChI is InChI=1S/C21H27N3O4S/c1-16(2)23(3)29(26,27)20-10-4-17(5-11-20)21(25)22-18-6-8-19(9-7-18)24-12-14-28-15-13-24/h4-11,16H,12-15H2,1-3H3,(H,22,25). The second-order valence-corrected chi connectivity index (χ2v) is 9.24. The number of nitrogens with zero attached hydrogens (tertiary/aromatic N) is 2. The van der Waals surface area contributed by atoms with Crippen LogP contribution in [-0.2, 0) is 14.8 Å². The average molecular weight is 418 g/mol. The van der Waals surface area contributed by atoms with Crippen LogP contribution < -0.4 is 10.2 Å². The first-order valence-electron chi connectivity index (χ1n) is 9.61. The number of anilines is 2. The molecule has 0 bridgehead atoms. The Balaban J connectivity index is 1.66. The Bertz CT molecular complexity index is 935. The predicted molar refractivity (Wildman–Crippen MR) is 114 cm³/mol. The van der Waals surface area contributed by atoms with Crippen LogP contribution in [0.5, 0.6) is 0 Å². The highest BCUT2D eigenvalue weighted by Crippen LogP contribution is 2.21. The van der Waals surface area contributed by atoms with Gasteiger partial charge in [0.25, 0.3) is 5.91 Å². The van der Waals surface area contributed by atoms with E-state index in [1.807, 2.05) is 38.1 Å². The van der Waals surface area contributed by atoms with Gasteiger partial charge in [0.1, 0.15) is 0 Å². The fourth-order valence-electron chi connectivity index (χ4n) is 3.00. The summed E-state index contributed by atoms with van der Waals surface area (Å²) in [5.41, 5.74) is 2.17. The molecule has 156 valence electrons. The maximum atomic E-state index is 12.5. The molecule has 3 rings (SSSR count). The Labute approximate surface area is 172 Å². The molecule has 0 atom stereocenters. The van der Waals surface area contributed by atoms with Crippen molar-refractivity contribution in [1.29, 1.82) is 0 Å². The zero-order chi connectivity index (χ0) is 21.0. The van der Waals surface area contributed by atoms with Gasteiger partial charge in [-0.2, -0.15) is 4.31 Å². The van der Waals surface area contributed by atoms with E-state index in [9.17, 15) is 13.2 Å². The minimum Gasteiger partial charge on any atom is -0.378 e. The van der Waals surface area contributed by atoms with Crippen LogP contribution in [0.3, 0.4) is 0 Å².